The number of aromatic nitrogens is 2. The summed E-state index contributed by atoms with van der Waals surface area (Å²) in [5.74, 6) is 1.63. The van der Waals surface area contributed by atoms with E-state index < -0.39 is 0 Å². The lowest BCUT2D eigenvalue weighted by Gasteiger charge is -2.12. The molecule has 1 atom stereocenters. The molecule has 1 unspecified atom stereocenters. The summed E-state index contributed by atoms with van der Waals surface area (Å²) in [4.78, 5) is 31.3. The number of nitrogens with zero attached hydrogens (tertiary/aromatic N) is 1. The number of nitrogens with one attached hydrogen (secondary N) is 2. The molecule has 0 radical (unpaired) electrons. The summed E-state index contributed by atoms with van der Waals surface area (Å²) >= 11 is 0. The lowest BCUT2D eigenvalue weighted by atomic mass is 9.97. The first-order valence-corrected chi connectivity index (χ1v) is 9.13. The van der Waals surface area contributed by atoms with Gasteiger partial charge < -0.3 is 10.3 Å². The van der Waals surface area contributed by atoms with Gasteiger partial charge in [-0.1, -0.05) is 24.3 Å². The molecule has 0 saturated heterocycles. The number of fused-ring (bicyclic) bond motifs is 1. The average molecular weight is 337 g/mol. The minimum Gasteiger partial charge on any atom is -0.356 e. The number of aryl methyl sites for hydroxylation is 1. The van der Waals surface area contributed by atoms with E-state index in [0.29, 0.717) is 31.2 Å². The minimum absolute atomic E-state index is 0.0777. The van der Waals surface area contributed by atoms with Crippen LogP contribution in [0.4, 0.5) is 0 Å². The Morgan fingerprint density at radius 1 is 1.24 bits per heavy atom. The molecule has 1 heterocycles. The van der Waals surface area contributed by atoms with Crippen LogP contribution in [0.3, 0.4) is 0 Å². The van der Waals surface area contributed by atoms with Gasteiger partial charge in [-0.05, 0) is 42.7 Å². The maximum atomic E-state index is 12.3. The molecule has 1 amide bonds. The van der Waals surface area contributed by atoms with E-state index in [1.54, 1.807) is 0 Å². The molecule has 1 fully saturated rings. The van der Waals surface area contributed by atoms with Crippen LogP contribution < -0.4 is 10.9 Å². The predicted octanol–water partition coefficient (Wildman–Crippen LogP) is 2.43. The fourth-order valence-corrected chi connectivity index (χ4v) is 3.69. The largest absolute Gasteiger partial charge is 0.356 e. The number of rotatable bonds is 6. The molecular weight excluding hydrogens is 314 g/mol. The molecule has 1 saturated carbocycles. The van der Waals surface area contributed by atoms with Crippen molar-refractivity contribution in [2.75, 3.05) is 6.54 Å². The zero-order chi connectivity index (χ0) is 17.2. The number of carbonyl (C=O) groups is 1. The summed E-state index contributed by atoms with van der Waals surface area (Å²) in [6, 6.07) is 9.94. The molecule has 2 aromatic rings. The van der Waals surface area contributed by atoms with Gasteiger partial charge in [0, 0.05) is 37.1 Å². The third-order valence-electron chi connectivity index (χ3n) is 5.17. The van der Waals surface area contributed by atoms with Crippen molar-refractivity contribution in [3.63, 3.8) is 0 Å². The molecule has 1 aromatic heterocycles. The van der Waals surface area contributed by atoms with E-state index >= 15 is 0 Å². The summed E-state index contributed by atoms with van der Waals surface area (Å²) < 4.78 is 0. The Kier molecular flexibility index (Phi) is 4.38. The highest BCUT2D eigenvalue weighted by atomic mass is 16.1. The van der Waals surface area contributed by atoms with Crippen molar-refractivity contribution in [2.45, 2.75) is 50.4 Å². The second-order valence-corrected chi connectivity index (χ2v) is 7.13. The Labute approximate surface area is 146 Å². The van der Waals surface area contributed by atoms with Gasteiger partial charge in [0.25, 0.3) is 5.56 Å². The number of aromatic amines is 1. The Morgan fingerprint density at radius 3 is 2.92 bits per heavy atom. The summed E-state index contributed by atoms with van der Waals surface area (Å²) in [6.07, 6.45) is 5.45. The Morgan fingerprint density at radius 2 is 2.08 bits per heavy atom. The van der Waals surface area contributed by atoms with Crippen LogP contribution >= 0.6 is 0 Å². The van der Waals surface area contributed by atoms with Crippen LogP contribution in [0.1, 0.15) is 60.2 Å². The second kappa shape index (κ2) is 6.82. The molecule has 0 spiro atoms. The quantitative estimate of drug-likeness (QED) is 0.850. The van der Waals surface area contributed by atoms with Gasteiger partial charge in [0.1, 0.15) is 5.82 Å². The highest BCUT2D eigenvalue weighted by molar-refractivity contribution is 5.77. The van der Waals surface area contributed by atoms with Crippen LogP contribution in [-0.4, -0.2) is 22.4 Å². The summed E-state index contributed by atoms with van der Waals surface area (Å²) in [7, 11) is 0. The van der Waals surface area contributed by atoms with Crippen LogP contribution in [0.5, 0.6) is 0 Å². The molecule has 25 heavy (non-hydrogen) atoms. The molecular formula is C20H23N3O2. The number of amides is 1. The standard InChI is InChI=1S/C20H23N3O2/c24-18(11-15-8-5-13-3-1-2-4-17(13)15)21-10-9-16-12-19(25)23-20(22-16)14-6-7-14/h1-4,12,14-15H,5-11H2,(H,21,24)(H,22,23,25). The lowest BCUT2D eigenvalue weighted by molar-refractivity contribution is -0.121. The van der Waals surface area contributed by atoms with Gasteiger partial charge in [-0.15, -0.1) is 0 Å². The van der Waals surface area contributed by atoms with Crippen molar-refractivity contribution in [1.82, 2.24) is 15.3 Å². The van der Waals surface area contributed by atoms with E-state index in [0.717, 1.165) is 37.2 Å². The fraction of sp³-hybridized carbons (Fsp3) is 0.450. The van der Waals surface area contributed by atoms with E-state index in [-0.39, 0.29) is 11.5 Å². The Balaban J connectivity index is 1.29. The minimum atomic E-state index is -0.0965. The van der Waals surface area contributed by atoms with Crippen molar-refractivity contribution in [2.24, 2.45) is 0 Å². The highest BCUT2D eigenvalue weighted by Gasteiger charge is 2.26. The van der Waals surface area contributed by atoms with E-state index in [1.807, 2.05) is 6.07 Å². The molecule has 2 aliphatic carbocycles. The van der Waals surface area contributed by atoms with Crippen LogP contribution in [0, 0.1) is 0 Å². The van der Waals surface area contributed by atoms with Gasteiger partial charge in [0.2, 0.25) is 5.91 Å². The predicted molar refractivity (Wildman–Crippen MR) is 95.7 cm³/mol. The third kappa shape index (κ3) is 3.81. The number of hydrogen-bond acceptors (Lipinski definition) is 3. The zero-order valence-electron chi connectivity index (χ0n) is 14.3. The smallest absolute Gasteiger partial charge is 0.251 e. The van der Waals surface area contributed by atoms with Crippen molar-refractivity contribution < 1.29 is 4.79 Å². The Bertz CT molecular complexity index is 839. The van der Waals surface area contributed by atoms with Gasteiger partial charge in [-0.25, -0.2) is 4.98 Å². The van der Waals surface area contributed by atoms with E-state index in [2.05, 4.69) is 33.5 Å². The molecule has 5 nitrogen and oxygen atoms in total. The van der Waals surface area contributed by atoms with Gasteiger partial charge in [-0.2, -0.15) is 0 Å². The third-order valence-corrected chi connectivity index (χ3v) is 5.17. The molecule has 2 N–H and O–H groups in total. The van der Waals surface area contributed by atoms with Crippen LogP contribution in [0.15, 0.2) is 35.1 Å². The molecule has 1 aromatic carbocycles. The summed E-state index contributed by atoms with van der Waals surface area (Å²) in [5, 5.41) is 2.98. The molecule has 5 heteroatoms. The number of H-pyrrole nitrogens is 1. The maximum absolute atomic E-state index is 12.3. The topological polar surface area (TPSA) is 74.8 Å². The van der Waals surface area contributed by atoms with Crippen molar-refractivity contribution >= 4 is 5.91 Å². The number of benzene rings is 1. The first-order valence-electron chi connectivity index (χ1n) is 9.13. The molecule has 4 rings (SSSR count). The van der Waals surface area contributed by atoms with E-state index in [4.69, 9.17) is 0 Å². The first kappa shape index (κ1) is 16.1. The second-order valence-electron chi connectivity index (χ2n) is 7.13. The summed E-state index contributed by atoms with van der Waals surface area (Å²) in [6.45, 7) is 0.522. The van der Waals surface area contributed by atoms with Gasteiger partial charge in [0.15, 0.2) is 0 Å². The van der Waals surface area contributed by atoms with Crippen LogP contribution in [0.2, 0.25) is 0 Å². The number of hydrogen-bond donors (Lipinski definition) is 2. The van der Waals surface area contributed by atoms with E-state index in [9.17, 15) is 9.59 Å². The Hall–Kier alpha value is -2.43. The van der Waals surface area contributed by atoms with Crippen LogP contribution in [-0.2, 0) is 17.6 Å². The monoisotopic (exact) mass is 337 g/mol. The van der Waals surface area contributed by atoms with Gasteiger partial charge in [0.05, 0.1) is 0 Å². The number of carbonyl (C=O) groups excluding carboxylic acids is 1. The normalized spacial score (nSPS) is 18.8. The first-order chi connectivity index (χ1) is 12.2. The molecule has 0 aliphatic heterocycles. The zero-order valence-corrected chi connectivity index (χ0v) is 14.3. The van der Waals surface area contributed by atoms with Crippen molar-refractivity contribution in [1.29, 1.82) is 0 Å². The average Bonchev–Trinajstić information content (AvgIpc) is 3.37. The lowest BCUT2D eigenvalue weighted by Crippen LogP contribution is -2.27. The SMILES string of the molecule is O=C(CC1CCc2ccccc21)NCCc1cc(=O)[nH]c(C2CC2)n1. The van der Waals surface area contributed by atoms with Gasteiger partial charge in [-0.3, -0.25) is 9.59 Å². The van der Waals surface area contributed by atoms with Crippen LogP contribution in [0.25, 0.3) is 0 Å². The fourth-order valence-electron chi connectivity index (χ4n) is 3.69. The van der Waals surface area contributed by atoms with Gasteiger partial charge >= 0.3 is 0 Å². The highest BCUT2D eigenvalue weighted by Crippen LogP contribution is 2.37. The maximum Gasteiger partial charge on any atom is 0.251 e. The molecule has 2 aliphatic rings. The summed E-state index contributed by atoms with van der Waals surface area (Å²) in [5.41, 5.74) is 3.36. The van der Waals surface area contributed by atoms with Crippen molar-refractivity contribution in [3.05, 3.63) is 63.3 Å². The van der Waals surface area contributed by atoms with Crippen molar-refractivity contribution in [3.8, 4) is 0 Å². The molecule has 0 bridgehead atoms. The molecule has 130 valence electrons. The van der Waals surface area contributed by atoms with E-state index in [1.165, 1.54) is 17.2 Å².